The summed E-state index contributed by atoms with van der Waals surface area (Å²) < 4.78 is 41.6. The quantitative estimate of drug-likeness (QED) is 0.774. The van der Waals surface area contributed by atoms with Gasteiger partial charge < -0.3 is 15.2 Å². The van der Waals surface area contributed by atoms with E-state index in [0.29, 0.717) is 25.1 Å². The molecule has 0 radical (unpaired) electrons. The number of hydrogen-bond acceptors (Lipinski definition) is 3. The first-order chi connectivity index (χ1) is 9.69. The third kappa shape index (κ3) is 6.82. The number of rotatable bonds is 8. The lowest BCUT2D eigenvalue weighted by atomic mass is 9.87. The van der Waals surface area contributed by atoms with Gasteiger partial charge in [-0.2, -0.15) is 8.78 Å². The molecule has 0 fully saturated rings. The Labute approximate surface area is 123 Å². The van der Waals surface area contributed by atoms with Crippen LogP contribution in [-0.2, 0) is 6.54 Å². The molecule has 0 heterocycles. The fraction of sp³-hybridized carbons (Fsp3) is 0.600. The minimum atomic E-state index is -3.04. The van der Waals surface area contributed by atoms with Crippen LogP contribution in [0.4, 0.5) is 13.2 Å². The van der Waals surface area contributed by atoms with Gasteiger partial charge in [0, 0.05) is 13.1 Å². The van der Waals surface area contributed by atoms with E-state index in [1.165, 1.54) is 18.2 Å². The van der Waals surface area contributed by atoms with Gasteiger partial charge in [-0.3, -0.25) is 0 Å². The number of ether oxygens (including phenoxy) is 1. The van der Waals surface area contributed by atoms with Gasteiger partial charge in [0.2, 0.25) is 0 Å². The number of benzene rings is 1. The average Bonchev–Trinajstić information content (AvgIpc) is 2.30. The predicted molar refractivity (Wildman–Crippen MR) is 74.8 cm³/mol. The zero-order valence-electron chi connectivity index (χ0n) is 12.5. The maximum absolute atomic E-state index is 13.5. The smallest absolute Gasteiger partial charge is 0.387 e. The predicted octanol–water partition coefficient (Wildman–Crippen LogP) is 3.31. The lowest BCUT2D eigenvalue weighted by Crippen LogP contribution is -2.31. The minimum absolute atomic E-state index is 0.0918. The maximum atomic E-state index is 13.5. The van der Waals surface area contributed by atoms with Crippen LogP contribution in [0, 0.1) is 11.2 Å². The van der Waals surface area contributed by atoms with Crippen LogP contribution >= 0.6 is 0 Å². The first-order valence-electron chi connectivity index (χ1n) is 6.81. The SMILES string of the molecule is CC(O)CC(C)(C)CNCc1ccc(OC(F)F)c(F)c1. The molecule has 0 amide bonds. The van der Waals surface area contributed by atoms with Gasteiger partial charge >= 0.3 is 6.61 Å². The van der Waals surface area contributed by atoms with E-state index in [0.717, 1.165) is 0 Å². The Bertz CT molecular complexity index is 451. The Morgan fingerprint density at radius 2 is 2.00 bits per heavy atom. The third-order valence-electron chi connectivity index (χ3n) is 2.99. The Hall–Kier alpha value is -1.27. The zero-order chi connectivity index (χ0) is 16.0. The number of alkyl halides is 2. The number of hydrogen-bond donors (Lipinski definition) is 2. The summed E-state index contributed by atoms with van der Waals surface area (Å²) in [6, 6.07) is 3.90. The molecule has 1 aromatic rings. The van der Waals surface area contributed by atoms with Crippen molar-refractivity contribution in [2.75, 3.05) is 6.54 Å². The first kappa shape index (κ1) is 17.8. The third-order valence-corrected chi connectivity index (χ3v) is 2.99. The topological polar surface area (TPSA) is 41.5 Å². The summed E-state index contributed by atoms with van der Waals surface area (Å²) in [6.45, 7) is 3.80. The number of aliphatic hydroxyl groups excluding tert-OH is 1. The average molecular weight is 305 g/mol. The van der Waals surface area contributed by atoms with Crippen molar-refractivity contribution in [2.45, 2.75) is 46.5 Å². The molecule has 1 atom stereocenters. The molecule has 0 saturated heterocycles. The van der Waals surface area contributed by atoms with Crippen LogP contribution in [0.3, 0.4) is 0 Å². The van der Waals surface area contributed by atoms with Crippen LogP contribution in [0.25, 0.3) is 0 Å². The van der Waals surface area contributed by atoms with Gasteiger partial charge in [-0.05, 0) is 36.5 Å². The molecular weight excluding hydrogens is 283 g/mol. The molecule has 1 unspecified atom stereocenters. The summed E-state index contributed by atoms with van der Waals surface area (Å²) in [6.07, 6.45) is 0.264. The van der Waals surface area contributed by atoms with E-state index in [4.69, 9.17) is 0 Å². The highest BCUT2D eigenvalue weighted by Crippen LogP contribution is 2.22. The highest BCUT2D eigenvalue weighted by molar-refractivity contribution is 5.29. The Morgan fingerprint density at radius 3 is 2.52 bits per heavy atom. The van der Waals surface area contributed by atoms with E-state index in [-0.39, 0.29) is 11.5 Å². The zero-order valence-corrected chi connectivity index (χ0v) is 12.5. The molecule has 0 aliphatic carbocycles. The van der Waals surface area contributed by atoms with E-state index in [1.54, 1.807) is 6.92 Å². The second-order valence-electron chi connectivity index (χ2n) is 5.96. The van der Waals surface area contributed by atoms with Crippen LogP contribution in [0.2, 0.25) is 0 Å². The minimum Gasteiger partial charge on any atom is -0.432 e. The van der Waals surface area contributed by atoms with Crippen LogP contribution in [0.15, 0.2) is 18.2 Å². The summed E-state index contributed by atoms with van der Waals surface area (Å²) in [5.41, 5.74) is 0.549. The van der Waals surface area contributed by atoms with Crippen molar-refractivity contribution in [1.29, 1.82) is 0 Å². The maximum Gasteiger partial charge on any atom is 0.387 e. The Balaban J connectivity index is 2.51. The number of halogens is 3. The van der Waals surface area contributed by atoms with Crippen molar-refractivity contribution in [3.8, 4) is 5.75 Å². The van der Waals surface area contributed by atoms with E-state index in [1.807, 2.05) is 13.8 Å². The second kappa shape index (κ2) is 7.66. The monoisotopic (exact) mass is 305 g/mol. The van der Waals surface area contributed by atoms with Crippen molar-refractivity contribution >= 4 is 0 Å². The van der Waals surface area contributed by atoms with Gasteiger partial charge in [0.25, 0.3) is 0 Å². The highest BCUT2D eigenvalue weighted by atomic mass is 19.3. The molecular formula is C15H22F3NO2. The molecule has 21 heavy (non-hydrogen) atoms. The molecule has 0 aromatic heterocycles. The van der Waals surface area contributed by atoms with Gasteiger partial charge in [0.1, 0.15) is 0 Å². The lowest BCUT2D eigenvalue weighted by Gasteiger charge is -2.26. The summed E-state index contributed by atoms with van der Waals surface area (Å²) in [5.74, 6) is -1.26. The van der Waals surface area contributed by atoms with E-state index < -0.39 is 18.2 Å². The highest BCUT2D eigenvalue weighted by Gasteiger charge is 2.19. The fourth-order valence-electron chi connectivity index (χ4n) is 2.26. The van der Waals surface area contributed by atoms with E-state index >= 15 is 0 Å². The summed E-state index contributed by atoms with van der Waals surface area (Å²) in [5, 5.41) is 12.6. The van der Waals surface area contributed by atoms with Crippen molar-refractivity contribution in [3.05, 3.63) is 29.6 Å². The molecule has 0 bridgehead atoms. The van der Waals surface area contributed by atoms with Crippen LogP contribution in [0.1, 0.15) is 32.8 Å². The Morgan fingerprint density at radius 1 is 1.33 bits per heavy atom. The number of aliphatic hydroxyl groups is 1. The molecule has 0 saturated carbocycles. The first-order valence-corrected chi connectivity index (χ1v) is 6.81. The molecule has 120 valence electrons. The van der Waals surface area contributed by atoms with Crippen LogP contribution in [-0.4, -0.2) is 24.4 Å². The fourth-order valence-corrected chi connectivity index (χ4v) is 2.26. The Kier molecular flexibility index (Phi) is 6.48. The van der Waals surface area contributed by atoms with Gasteiger partial charge in [0.15, 0.2) is 11.6 Å². The van der Waals surface area contributed by atoms with Gasteiger partial charge in [-0.15, -0.1) is 0 Å². The van der Waals surface area contributed by atoms with Crippen LogP contribution in [0.5, 0.6) is 5.75 Å². The largest absolute Gasteiger partial charge is 0.432 e. The lowest BCUT2D eigenvalue weighted by molar-refractivity contribution is -0.0522. The molecule has 3 nitrogen and oxygen atoms in total. The summed E-state index contributed by atoms with van der Waals surface area (Å²) in [7, 11) is 0. The molecule has 1 rings (SSSR count). The van der Waals surface area contributed by atoms with E-state index in [9.17, 15) is 18.3 Å². The molecule has 1 aromatic carbocycles. The van der Waals surface area contributed by atoms with Crippen molar-refractivity contribution < 1.29 is 23.0 Å². The van der Waals surface area contributed by atoms with Crippen molar-refractivity contribution in [2.24, 2.45) is 5.41 Å². The van der Waals surface area contributed by atoms with Crippen molar-refractivity contribution in [1.82, 2.24) is 5.32 Å². The standard InChI is InChI=1S/C15H22F3NO2/c1-10(20)7-15(2,3)9-19-8-11-4-5-13(12(16)6-11)21-14(17)18/h4-6,10,14,19-20H,7-9H2,1-3H3. The summed E-state index contributed by atoms with van der Waals surface area (Å²) in [4.78, 5) is 0. The molecule has 0 aliphatic rings. The molecule has 6 heteroatoms. The second-order valence-corrected chi connectivity index (χ2v) is 5.96. The van der Waals surface area contributed by atoms with Crippen molar-refractivity contribution in [3.63, 3.8) is 0 Å². The number of nitrogens with one attached hydrogen (secondary N) is 1. The van der Waals surface area contributed by atoms with Gasteiger partial charge in [-0.25, -0.2) is 4.39 Å². The van der Waals surface area contributed by atoms with E-state index in [2.05, 4.69) is 10.1 Å². The van der Waals surface area contributed by atoms with Gasteiger partial charge in [0.05, 0.1) is 6.10 Å². The normalized spacial score (nSPS) is 13.5. The molecule has 0 spiro atoms. The summed E-state index contributed by atoms with van der Waals surface area (Å²) >= 11 is 0. The van der Waals surface area contributed by atoms with Crippen LogP contribution < -0.4 is 10.1 Å². The molecule has 0 aliphatic heterocycles. The molecule has 2 N–H and O–H groups in total. The van der Waals surface area contributed by atoms with Gasteiger partial charge in [-0.1, -0.05) is 19.9 Å².